The molecule has 0 aliphatic rings. The minimum absolute atomic E-state index is 0.429. The fourth-order valence-corrected chi connectivity index (χ4v) is 1.22. The van der Waals surface area contributed by atoms with Crippen LogP contribution in [0.2, 0.25) is 0 Å². The molecule has 0 atom stereocenters. The highest BCUT2D eigenvalue weighted by Crippen LogP contribution is 2.21. The van der Waals surface area contributed by atoms with Crippen LogP contribution >= 0.6 is 0 Å². The summed E-state index contributed by atoms with van der Waals surface area (Å²) in [6.45, 7) is 1.90. The van der Waals surface area contributed by atoms with Gasteiger partial charge in [0.05, 0.1) is 11.6 Å². The maximum Gasteiger partial charge on any atom is 0.151 e. The second kappa shape index (κ2) is 2.35. The highest BCUT2D eigenvalue weighted by atomic mass is 16.3. The lowest BCUT2D eigenvalue weighted by molar-refractivity contribution is 0.612. The van der Waals surface area contributed by atoms with E-state index in [1.807, 2.05) is 13.0 Å². The second-order valence-corrected chi connectivity index (χ2v) is 2.56. The Hall–Kier alpha value is -1.82. The summed E-state index contributed by atoms with van der Waals surface area (Å²) in [5.41, 5.74) is 2.10. The molecular weight excluding hydrogens is 152 g/mol. The smallest absolute Gasteiger partial charge is 0.151 e. The average molecular weight is 158 g/mol. The summed E-state index contributed by atoms with van der Waals surface area (Å²) in [6.07, 6.45) is 3.21. The van der Waals surface area contributed by atoms with E-state index in [4.69, 9.17) is 9.68 Å². The summed E-state index contributed by atoms with van der Waals surface area (Å²) in [4.78, 5) is 3.94. The van der Waals surface area contributed by atoms with Crippen LogP contribution in [0, 0.1) is 18.3 Å². The van der Waals surface area contributed by atoms with Crippen molar-refractivity contribution in [1.29, 1.82) is 5.26 Å². The molecule has 0 spiro atoms. The van der Waals surface area contributed by atoms with Gasteiger partial charge in [0.25, 0.3) is 0 Å². The zero-order valence-electron chi connectivity index (χ0n) is 6.53. The fraction of sp³-hybridized carbons (Fsp3) is 0.111. The first kappa shape index (κ1) is 6.86. The van der Waals surface area contributed by atoms with Crippen molar-refractivity contribution in [2.75, 3.05) is 0 Å². The Balaban J connectivity index is 2.96. The van der Waals surface area contributed by atoms with Gasteiger partial charge >= 0.3 is 0 Å². The average Bonchev–Trinajstić information content (AvgIpc) is 2.48. The van der Waals surface area contributed by atoms with E-state index in [1.165, 1.54) is 0 Å². The molecule has 0 bridgehead atoms. The van der Waals surface area contributed by atoms with Crippen molar-refractivity contribution in [2.24, 2.45) is 0 Å². The molecular formula is C9H6N2O. The number of rotatable bonds is 0. The van der Waals surface area contributed by atoms with Crippen LogP contribution in [0.3, 0.4) is 0 Å². The molecule has 0 saturated heterocycles. The van der Waals surface area contributed by atoms with Crippen LogP contribution in [0.4, 0.5) is 0 Å². The third-order valence-electron chi connectivity index (χ3n) is 1.78. The van der Waals surface area contributed by atoms with Crippen LogP contribution in [-0.2, 0) is 0 Å². The van der Waals surface area contributed by atoms with Gasteiger partial charge in [-0.05, 0) is 18.6 Å². The van der Waals surface area contributed by atoms with Crippen LogP contribution < -0.4 is 0 Å². The van der Waals surface area contributed by atoms with E-state index in [0.717, 1.165) is 16.5 Å². The molecule has 2 aromatic rings. The third-order valence-corrected chi connectivity index (χ3v) is 1.78. The molecule has 12 heavy (non-hydrogen) atoms. The minimum Gasteiger partial charge on any atom is -0.464 e. The molecule has 0 aliphatic heterocycles. The first-order chi connectivity index (χ1) is 5.83. The number of fused-ring (bicyclic) bond motifs is 1. The predicted molar refractivity (Wildman–Crippen MR) is 43.5 cm³/mol. The standard InChI is InChI=1S/C9H6N2O/c1-6-5-12-8-2-3-11-7(4-10)9(6)8/h2-3,5H,1H3. The molecule has 0 aliphatic carbocycles. The molecule has 0 radical (unpaired) electrons. The molecule has 3 nitrogen and oxygen atoms in total. The van der Waals surface area contributed by atoms with Crippen LogP contribution in [0.25, 0.3) is 11.0 Å². The van der Waals surface area contributed by atoms with Gasteiger partial charge in [0.15, 0.2) is 5.69 Å². The topological polar surface area (TPSA) is 49.8 Å². The summed E-state index contributed by atoms with van der Waals surface area (Å²) in [7, 11) is 0. The van der Waals surface area contributed by atoms with E-state index >= 15 is 0 Å². The van der Waals surface area contributed by atoms with Crippen molar-refractivity contribution in [3.05, 3.63) is 29.8 Å². The molecule has 0 unspecified atom stereocenters. The maximum atomic E-state index is 8.72. The molecule has 58 valence electrons. The number of nitrogens with zero attached hydrogens (tertiary/aromatic N) is 2. The molecule has 0 aromatic carbocycles. The largest absolute Gasteiger partial charge is 0.464 e. The van der Waals surface area contributed by atoms with E-state index in [1.54, 1.807) is 18.5 Å². The van der Waals surface area contributed by atoms with Crippen molar-refractivity contribution in [3.8, 4) is 6.07 Å². The van der Waals surface area contributed by atoms with Gasteiger partial charge in [-0.1, -0.05) is 0 Å². The molecule has 0 amide bonds. The molecule has 2 heterocycles. The predicted octanol–water partition coefficient (Wildman–Crippen LogP) is 2.01. The van der Waals surface area contributed by atoms with E-state index in [2.05, 4.69) is 4.98 Å². The van der Waals surface area contributed by atoms with Crippen molar-refractivity contribution >= 4 is 11.0 Å². The fourth-order valence-electron chi connectivity index (χ4n) is 1.22. The zero-order chi connectivity index (χ0) is 8.55. The second-order valence-electron chi connectivity index (χ2n) is 2.56. The normalized spacial score (nSPS) is 10.0. The Labute approximate surface area is 69.2 Å². The van der Waals surface area contributed by atoms with Gasteiger partial charge in [-0.3, -0.25) is 0 Å². The molecule has 0 saturated carbocycles. The number of aromatic nitrogens is 1. The highest BCUT2D eigenvalue weighted by Gasteiger charge is 2.06. The number of furan rings is 1. The first-order valence-electron chi connectivity index (χ1n) is 3.56. The number of hydrogen-bond acceptors (Lipinski definition) is 3. The van der Waals surface area contributed by atoms with Gasteiger partial charge < -0.3 is 4.42 Å². The Morgan fingerprint density at radius 1 is 1.58 bits per heavy atom. The summed E-state index contributed by atoms with van der Waals surface area (Å²) in [6, 6.07) is 3.78. The molecule has 3 heteroatoms. The number of hydrogen-bond donors (Lipinski definition) is 0. The monoisotopic (exact) mass is 158 g/mol. The van der Waals surface area contributed by atoms with Crippen molar-refractivity contribution in [3.63, 3.8) is 0 Å². The Morgan fingerprint density at radius 3 is 3.17 bits per heavy atom. The Kier molecular flexibility index (Phi) is 1.34. The minimum atomic E-state index is 0.429. The summed E-state index contributed by atoms with van der Waals surface area (Å²) < 4.78 is 5.20. The first-order valence-corrected chi connectivity index (χ1v) is 3.56. The van der Waals surface area contributed by atoms with E-state index in [0.29, 0.717) is 5.69 Å². The van der Waals surface area contributed by atoms with Gasteiger partial charge in [0, 0.05) is 6.20 Å². The van der Waals surface area contributed by atoms with Crippen LogP contribution in [0.5, 0.6) is 0 Å². The molecule has 2 aromatic heterocycles. The molecule has 0 fully saturated rings. The summed E-state index contributed by atoms with van der Waals surface area (Å²) in [5, 5.41) is 9.54. The van der Waals surface area contributed by atoms with Crippen molar-refractivity contribution in [2.45, 2.75) is 6.92 Å². The van der Waals surface area contributed by atoms with Gasteiger partial charge in [0.2, 0.25) is 0 Å². The third kappa shape index (κ3) is 0.785. The lowest BCUT2D eigenvalue weighted by Crippen LogP contribution is -1.82. The van der Waals surface area contributed by atoms with Crippen LogP contribution in [0.15, 0.2) is 22.9 Å². The quantitative estimate of drug-likeness (QED) is 0.589. The number of aryl methyl sites for hydroxylation is 1. The van der Waals surface area contributed by atoms with E-state index < -0.39 is 0 Å². The van der Waals surface area contributed by atoms with Crippen molar-refractivity contribution < 1.29 is 4.42 Å². The molecule has 0 N–H and O–H groups in total. The number of nitriles is 1. The highest BCUT2D eigenvalue weighted by molar-refractivity contribution is 5.84. The Morgan fingerprint density at radius 2 is 2.42 bits per heavy atom. The lowest BCUT2D eigenvalue weighted by atomic mass is 10.2. The molecule has 2 rings (SSSR count). The number of pyridine rings is 1. The van der Waals surface area contributed by atoms with Gasteiger partial charge in [-0.15, -0.1) is 0 Å². The summed E-state index contributed by atoms with van der Waals surface area (Å²) >= 11 is 0. The van der Waals surface area contributed by atoms with Gasteiger partial charge in [0.1, 0.15) is 11.7 Å². The summed E-state index contributed by atoms with van der Waals surface area (Å²) in [5.74, 6) is 0. The van der Waals surface area contributed by atoms with Crippen LogP contribution in [-0.4, -0.2) is 4.98 Å². The lowest BCUT2D eigenvalue weighted by Gasteiger charge is -1.90. The van der Waals surface area contributed by atoms with E-state index in [-0.39, 0.29) is 0 Å². The van der Waals surface area contributed by atoms with Crippen LogP contribution in [0.1, 0.15) is 11.3 Å². The zero-order valence-corrected chi connectivity index (χ0v) is 6.53. The maximum absolute atomic E-state index is 8.72. The van der Waals surface area contributed by atoms with E-state index in [9.17, 15) is 0 Å². The van der Waals surface area contributed by atoms with Crippen molar-refractivity contribution in [1.82, 2.24) is 4.98 Å². The SMILES string of the molecule is Cc1coc2ccnc(C#N)c12. The van der Waals surface area contributed by atoms with Gasteiger partial charge in [-0.25, -0.2) is 4.98 Å². The van der Waals surface area contributed by atoms with Gasteiger partial charge in [-0.2, -0.15) is 5.26 Å². The Bertz CT molecular complexity index is 465.